The minimum atomic E-state index is 0.492. The Hall–Kier alpha value is 0.140. The Morgan fingerprint density at radius 3 is 3.07 bits per heavy atom. The summed E-state index contributed by atoms with van der Waals surface area (Å²) in [5, 5.41) is 5.86. The maximum Gasteiger partial charge on any atom is 0.0399 e. The first-order valence-corrected chi connectivity index (χ1v) is 7.38. The molecule has 0 aromatic carbocycles. The molecule has 1 fully saturated rings. The predicted molar refractivity (Wildman–Crippen MR) is 70.4 cm³/mol. The lowest BCUT2D eigenvalue weighted by molar-refractivity contribution is 0.534. The first kappa shape index (κ1) is 11.6. The lowest BCUT2D eigenvalue weighted by Crippen LogP contribution is -2.21. The monoisotopic (exact) mass is 287 g/mol. The summed E-state index contributed by atoms with van der Waals surface area (Å²) < 4.78 is 1.25. The summed E-state index contributed by atoms with van der Waals surface area (Å²) in [6, 6.07) is 3.40. The molecule has 1 aliphatic carbocycles. The third-order valence-electron chi connectivity index (χ3n) is 3.08. The van der Waals surface area contributed by atoms with Gasteiger partial charge in [0.05, 0.1) is 0 Å². The molecule has 3 heteroatoms. The molecule has 0 amide bonds. The van der Waals surface area contributed by atoms with E-state index in [2.05, 4.69) is 46.5 Å². The lowest BCUT2D eigenvalue weighted by Gasteiger charge is -2.12. The van der Waals surface area contributed by atoms with Crippen molar-refractivity contribution < 1.29 is 0 Å². The van der Waals surface area contributed by atoms with Gasteiger partial charge in [-0.05, 0) is 53.1 Å². The van der Waals surface area contributed by atoms with Crippen LogP contribution in [0.4, 0.5) is 0 Å². The number of hydrogen-bond donors (Lipinski definition) is 1. The number of rotatable bonds is 5. The third-order valence-corrected chi connectivity index (χ3v) is 5.14. The Kier molecular flexibility index (Phi) is 3.86. The number of nitrogens with one attached hydrogen (secondary N) is 1. The lowest BCUT2D eigenvalue weighted by atomic mass is 10.2. The highest BCUT2D eigenvalue weighted by molar-refractivity contribution is 9.10. The highest BCUT2D eigenvalue weighted by Crippen LogP contribution is 2.38. The molecule has 2 rings (SSSR count). The van der Waals surface area contributed by atoms with E-state index in [0.717, 1.165) is 12.0 Å². The van der Waals surface area contributed by atoms with Crippen molar-refractivity contribution in [2.24, 2.45) is 5.92 Å². The van der Waals surface area contributed by atoms with E-state index in [1.54, 1.807) is 0 Å². The minimum Gasteiger partial charge on any atom is -0.306 e. The van der Waals surface area contributed by atoms with E-state index >= 15 is 0 Å². The summed E-state index contributed by atoms with van der Waals surface area (Å²) in [5.41, 5.74) is 0. The standard InChI is InChI=1S/C12H18BrNS/c1-3-4-9-7-11(9)14-8(2)12-10(13)5-6-15-12/h5-6,8-9,11,14H,3-4,7H2,1-2H3. The first-order chi connectivity index (χ1) is 7.22. The van der Waals surface area contributed by atoms with Gasteiger partial charge in [0.1, 0.15) is 0 Å². The van der Waals surface area contributed by atoms with Crippen molar-refractivity contribution >= 4 is 27.3 Å². The van der Waals surface area contributed by atoms with Crippen molar-refractivity contribution in [2.45, 2.75) is 45.2 Å². The highest BCUT2D eigenvalue weighted by atomic mass is 79.9. The summed E-state index contributed by atoms with van der Waals surface area (Å²) in [4.78, 5) is 1.43. The molecule has 3 unspecified atom stereocenters. The molecule has 0 radical (unpaired) electrons. The van der Waals surface area contributed by atoms with Crippen LogP contribution in [0.3, 0.4) is 0 Å². The van der Waals surface area contributed by atoms with Crippen LogP contribution in [0, 0.1) is 5.92 Å². The Balaban J connectivity index is 1.84. The van der Waals surface area contributed by atoms with Crippen molar-refractivity contribution in [3.63, 3.8) is 0 Å². The van der Waals surface area contributed by atoms with Gasteiger partial charge >= 0.3 is 0 Å². The van der Waals surface area contributed by atoms with E-state index in [-0.39, 0.29) is 0 Å². The quantitative estimate of drug-likeness (QED) is 0.849. The van der Waals surface area contributed by atoms with Crippen LogP contribution in [0.1, 0.15) is 44.0 Å². The van der Waals surface area contributed by atoms with Crippen molar-refractivity contribution in [1.29, 1.82) is 0 Å². The summed E-state index contributed by atoms with van der Waals surface area (Å²) in [6.07, 6.45) is 4.08. The molecule has 0 saturated heterocycles. The minimum absolute atomic E-state index is 0.492. The van der Waals surface area contributed by atoms with Gasteiger partial charge < -0.3 is 5.32 Å². The molecule has 1 aromatic rings. The van der Waals surface area contributed by atoms with E-state index < -0.39 is 0 Å². The molecule has 15 heavy (non-hydrogen) atoms. The molecular formula is C12H18BrNS. The zero-order chi connectivity index (χ0) is 10.8. The zero-order valence-corrected chi connectivity index (χ0v) is 11.7. The molecule has 0 spiro atoms. The van der Waals surface area contributed by atoms with Gasteiger partial charge in [0.25, 0.3) is 0 Å². The molecule has 0 aliphatic heterocycles. The van der Waals surface area contributed by atoms with E-state index in [9.17, 15) is 0 Å². The highest BCUT2D eigenvalue weighted by Gasteiger charge is 2.36. The maximum absolute atomic E-state index is 3.71. The third kappa shape index (κ3) is 2.83. The molecule has 1 N–H and O–H groups in total. The number of hydrogen-bond acceptors (Lipinski definition) is 2. The van der Waals surface area contributed by atoms with Gasteiger partial charge in [-0.3, -0.25) is 0 Å². The van der Waals surface area contributed by atoms with E-state index in [0.29, 0.717) is 6.04 Å². The largest absolute Gasteiger partial charge is 0.306 e. The molecule has 1 saturated carbocycles. The van der Waals surface area contributed by atoms with E-state index in [1.165, 1.54) is 28.6 Å². The fraction of sp³-hybridized carbons (Fsp3) is 0.667. The Morgan fingerprint density at radius 1 is 1.67 bits per heavy atom. The second-order valence-corrected chi connectivity index (χ2v) is 6.21. The van der Waals surface area contributed by atoms with Crippen LogP contribution in [0.5, 0.6) is 0 Å². The van der Waals surface area contributed by atoms with Gasteiger partial charge in [-0.25, -0.2) is 0 Å². The second kappa shape index (κ2) is 4.98. The van der Waals surface area contributed by atoms with Crippen LogP contribution in [0.15, 0.2) is 15.9 Å². The molecule has 3 atom stereocenters. The fourth-order valence-corrected chi connectivity index (χ4v) is 3.89. The first-order valence-electron chi connectivity index (χ1n) is 5.71. The van der Waals surface area contributed by atoms with Crippen molar-refractivity contribution in [2.75, 3.05) is 0 Å². The van der Waals surface area contributed by atoms with Crippen LogP contribution >= 0.6 is 27.3 Å². The van der Waals surface area contributed by atoms with Crippen LogP contribution < -0.4 is 5.32 Å². The van der Waals surface area contributed by atoms with Crippen LogP contribution in [-0.2, 0) is 0 Å². The predicted octanol–water partition coefficient (Wildman–Crippen LogP) is 4.35. The zero-order valence-electron chi connectivity index (χ0n) is 9.29. The van der Waals surface area contributed by atoms with Crippen LogP contribution in [0.25, 0.3) is 0 Å². The molecule has 1 aliphatic rings. The van der Waals surface area contributed by atoms with Crippen LogP contribution in [-0.4, -0.2) is 6.04 Å². The van der Waals surface area contributed by atoms with Gasteiger partial charge in [0, 0.05) is 21.4 Å². The number of halogens is 1. The van der Waals surface area contributed by atoms with Gasteiger partial charge in [-0.15, -0.1) is 11.3 Å². The maximum atomic E-state index is 3.71. The number of thiophene rings is 1. The van der Waals surface area contributed by atoms with Crippen molar-refractivity contribution in [3.05, 3.63) is 20.8 Å². The molecular weight excluding hydrogens is 270 g/mol. The van der Waals surface area contributed by atoms with Crippen LogP contribution in [0.2, 0.25) is 0 Å². The van der Waals surface area contributed by atoms with Gasteiger partial charge in [-0.2, -0.15) is 0 Å². The second-order valence-electron chi connectivity index (χ2n) is 4.41. The topological polar surface area (TPSA) is 12.0 Å². The average Bonchev–Trinajstić information content (AvgIpc) is 2.76. The Morgan fingerprint density at radius 2 is 2.47 bits per heavy atom. The molecule has 1 aromatic heterocycles. The average molecular weight is 288 g/mol. The Labute approximate surface area is 104 Å². The van der Waals surface area contributed by atoms with Crippen molar-refractivity contribution in [3.8, 4) is 0 Å². The summed E-state index contributed by atoms with van der Waals surface area (Å²) in [6.45, 7) is 4.53. The van der Waals surface area contributed by atoms with Gasteiger partial charge in [0.15, 0.2) is 0 Å². The fourth-order valence-electron chi connectivity index (χ4n) is 2.15. The molecule has 1 nitrogen and oxygen atoms in total. The van der Waals surface area contributed by atoms with E-state index in [1.807, 2.05) is 11.3 Å². The summed E-state index contributed by atoms with van der Waals surface area (Å²) in [5.74, 6) is 0.941. The SMILES string of the molecule is CCCC1CC1NC(C)c1sccc1Br. The summed E-state index contributed by atoms with van der Waals surface area (Å²) in [7, 11) is 0. The van der Waals surface area contributed by atoms with Crippen molar-refractivity contribution in [1.82, 2.24) is 5.32 Å². The molecule has 1 heterocycles. The molecule has 84 valence electrons. The Bertz CT molecular complexity index is 323. The summed E-state index contributed by atoms with van der Waals surface area (Å²) >= 11 is 5.43. The molecule has 0 bridgehead atoms. The van der Waals surface area contributed by atoms with Gasteiger partial charge in [-0.1, -0.05) is 13.3 Å². The van der Waals surface area contributed by atoms with Gasteiger partial charge in [0.2, 0.25) is 0 Å². The smallest absolute Gasteiger partial charge is 0.0399 e. The van der Waals surface area contributed by atoms with E-state index in [4.69, 9.17) is 0 Å². The normalized spacial score (nSPS) is 26.6.